The minimum absolute atomic E-state index is 0.570. The number of rotatable bonds is 13. The SMILES string of the molecule is CCCCCCCCCCCCNC(=S)N/N=C/c1ccc(Cl)cc1. The molecule has 0 radical (unpaired) electrons. The Morgan fingerprint density at radius 2 is 1.52 bits per heavy atom. The molecule has 25 heavy (non-hydrogen) atoms. The second-order valence-electron chi connectivity index (χ2n) is 6.36. The van der Waals surface area contributed by atoms with E-state index in [2.05, 4.69) is 22.8 Å². The molecule has 0 amide bonds. The molecule has 0 aliphatic rings. The summed E-state index contributed by atoms with van der Waals surface area (Å²) in [5.74, 6) is 0. The van der Waals surface area contributed by atoms with Gasteiger partial charge in [-0.1, -0.05) is 88.4 Å². The third-order valence-corrected chi connectivity index (χ3v) is 4.55. The van der Waals surface area contributed by atoms with Crippen LogP contribution in [0.1, 0.15) is 76.7 Å². The van der Waals surface area contributed by atoms with Crippen molar-refractivity contribution in [3.8, 4) is 0 Å². The van der Waals surface area contributed by atoms with E-state index in [1.165, 1.54) is 57.8 Å². The standard InChI is InChI=1S/C20H32ClN3S/c1-2-3-4-5-6-7-8-9-10-11-16-22-20(25)24-23-17-18-12-14-19(21)15-13-18/h12-15,17H,2-11,16H2,1H3,(H2,22,24,25)/b23-17+. The lowest BCUT2D eigenvalue weighted by molar-refractivity contribution is 0.554. The maximum absolute atomic E-state index is 5.84. The van der Waals surface area contributed by atoms with Crippen LogP contribution in [-0.4, -0.2) is 17.9 Å². The number of hydrogen-bond donors (Lipinski definition) is 2. The van der Waals surface area contributed by atoms with E-state index in [9.17, 15) is 0 Å². The van der Waals surface area contributed by atoms with Crippen LogP contribution in [0.3, 0.4) is 0 Å². The van der Waals surface area contributed by atoms with Gasteiger partial charge < -0.3 is 5.32 Å². The number of benzene rings is 1. The zero-order valence-electron chi connectivity index (χ0n) is 15.4. The molecule has 1 rings (SSSR count). The number of nitrogens with zero attached hydrogens (tertiary/aromatic N) is 1. The molecule has 0 aliphatic carbocycles. The minimum atomic E-state index is 0.570. The molecule has 0 fully saturated rings. The van der Waals surface area contributed by atoms with Crippen molar-refractivity contribution in [3.05, 3.63) is 34.9 Å². The maximum Gasteiger partial charge on any atom is 0.186 e. The lowest BCUT2D eigenvalue weighted by atomic mass is 10.1. The van der Waals surface area contributed by atoms with E-state index in [1.54, 1.807) is 6.21 Å². The Bertz CT molecular complexity index is 488. The van der Waals surface area contributed by atoms with Crippen molar-refractivity contribution < 1.29 is 0 Å². The Hall–Kier alpha value is -1.13. The second-order valence-corrected chi connectivity index (χ2v) is 7.20. The van der Waals surface area contributed by atoms with Crippen LogP contribution in [-0.2, 0) is 0 Å². The molecule has 0 aliphatic heterocycles. The van der Waals surface area contributed by atoms with Crippen LogP contribution < -0.4 is 10.7 Å². The van der Waals surface area contributed by atoms with Gasteiger partial charge in [-0.3, -0.25) is 5.43 Å². The molecule has 5 heteroatoms. The van der Waals surface area contributed by atoms with Gasteiger partial charge >= 0.3 is 0 Å². The van der Waals surface area contributed by atoms with E-state index in [0.717, 1.165) is 23.6 Å². The fraction of sp³-hybridized carbons (Fsp3) is 0.600. The van der Waals surface area contributed by atoms with Gasteiger partial charge in [-0.2, -0.15) is 5.10 Å². The molecular weight excluding hydrogens is 350 g/mol. The Balaban J connectivity index is 1.92. The first-order chi connectivity index (χ1) is 12.2. The molecule has 0 saturated carbocycles. The number of unbranched alkanes of at least 4 members (excludes halogenated alkanes) is 9. The molecular formula is C20H32ClN3S. The van der Waals surface area contributed by atoms with Gasteiger partial charge in [-0.15, -0.1) is 0 Å². The van der Waals surface area contributed by atoms with Crippen molar-refractivity contribution >= 4 is 35.1 Å². The highest BCUT2D eigenvalue weighted by Gasteiger charge is 1.95. The Morgan fingerprint density at radius 1 is 0.960 bits per heavy atom. The van der Waals surface area contributed by atoms with Crippen LogP contribution in [0.5, 0.6) is 0 Å². The van der Waals surface area contributed by atoms with Gasteiger partial charge in [-0.25, -0.2) is 0 Å². The molecule has 0 bridgehead atoms. The fourth-order valence-electron chi connectivity index (χ4n) is 2.57. The van der Waals surface area contributed by atoms with E-state index in [1.807, 2.05) is 24.3 Å². The van der Waals surface area contributed by atoms with Crippen molar-refractivity contribution in [3.63, 3.8) is 0 Å². The summed E-state index contributed by atoms with van der Waals surface area (Å²) in [6.45, 7) is 3.17. The van der Waals surface area contributed by atoms with E-state index >= 15 is 0 Å². The highest BCUT2D eigenvalue weighted by Crippen LogP contribution is 2.10. The van der Waals surface area contributed by atoms with Gasteiger partial charge in [0, 0.05) is 11.6 Å². The highest BCUT2D eigenvalue weighted by molar-refractivity contribution is 7.80. The van der Waals surface area contributed by atoms with Crippen molar-refractivity contribution in [1.82, 2.24) is 10.7 Å². The van der Waals surface area contributed by atoms with Gasteiger partial charge in [0.1, 0.15) is 0 Å². The van der Waals surface area contributed by atoms with E-state index in [0.29, 0.717) is 5.11 Å². The molecule has 0 saturated heterocycles. The molecule has 0 heterocycles. The quantitative estimate of drug-likeness (QED) is 0.189. The third-order valence-electron chi connectivity index (χ3n) is 4.07. The number of thiocarbonyl (C=S) groups is 1. The van der Waals surface area contributed by atoms with Crippen LogP contribution in [0.25, 0.3) is 0 Å². The number of halogens is 1. The average molecular weight is 382 g/mol. The molecule has 2 N–H and O–H groups in total. The van der Waals surface area contributed by atoms with Crippen molar-refractivity contribution in [2.24, 2.45) is 5.10 Å². The first-order valence-corrected chi connectivity index (χ1v) is 10.3. The van der Waals surface area contributed by atoms with Crippen molar-refractivity contribution in [2.45, 2.75) is 71.1 Å². The Kier molecular flexibility index (Phi) is 13.3. The summed E-state index contributed by atoms with van der Waals surface area (Å²) in [7, 11) is 0. The third kappa shape index (κ3) is 12.8. The average Bonchev–Trinajstić information content (AvgIpc) is 2.61. The minimum Gasteiger partial charge on any atom is -0.361 e. The smallest absolute Gasteiger partial charge is 0.186 e. The Labute approximate surface area is 163 Å². The largest absolute Gasteiger partial charge is 0.361 e. The molecule has 1 aromatic carbocycles. The molecule has 3 nitrogen and oxygen atoms in total. The van der Waals surface area contributed by atoms with Crippen molar-refractivity contribution in [1.29, 1.82) is 0 Å². The molecule has 0 spiro atoms. The van der Waals surface area contributed by atoms with Crippen LogP contribution in [0.4, 0.5) is 0 Å². The summed E-state index contributed by atoms with van der Waals surface area (Å²) in [5.41, 5.74) is 3.82. The summed E-state index contributed by atoms with van der Waals surface area (Å²) in [5, 5.41) is 8.60. The zero-order valence-corrected chi connectivity index (χ0v) is 17.0. The monoisotopic (exact) mass is 381 g/mol. The van der Waals surface area contributed by atoms with E-state index < -0.39 is 0 Å². The number of hydrazone groups is 1. The van der Waals surface area contributed by atoms with Crippen LogP contribution >= 0.6 is 23.8 Å². The molecule has 140 valence electrons. The predicted molar refractivity (Wildman–Crippen MR) is 115 cm³/mol. The van der Waals surface area contributed by atoms with E-state index in [4.69, 9.17) is 23.8 Å². The maximum atomic E-state index is 5.84. The lowest BCUT2D eigenvalue weighted by Gasteiger charge is -2.07. The normalized spacial score (nSPS) is 11.0. The number of hydrogen-bond acceptors (Lipinski definition) is 2. The molecule has 0 unspecified atom stereocenters. The van der Waals surface area contributed by atoms with Crippen LogP contribution in [0, 0.1) is 0 Å². The van der Waals surface area contributed by atoms with Gasteiger partial charge in [0.25, 0.3) is 0 Å². The Morgan fingerprint density at radius 3 is 2.12 bits per heavy atom. The summed E-state index contributed by atoms with van der Waals surface area (Å²) >= 11 is 11.0. The predicted octanol–water partition coefficient (Wildman–Crippen LogP) is 6.06. The van der Waals surface area contributed by atoms with E-state index in [-0.39, 0.29) is 0 Å². The first-order valence-electron chi connectivity index (χ1n) is 9.55. The first kappa shape index (κ1) is 21.9. The summed E-state index contributed by atoms with van der Waals surface area (Å²) < 4.78 is 0. The zero-order chi connectivity index (χ0) is 18.2. The summed E-state index contributed by atoms with van der Waals surface area (Å²) in [4.78, 5) is 0. The molecule has 0 aromatic heterocycles. The van der Waals surface area contributed by atoms with Crippen LogP contribution in [0.2, 0.25) is 5.02 Å². The summed E-state index contributed by atoms with van der Waals surface area (Å²) in [6.07, 6.45) is 15.2. The van der Waals surface area contributed by atoms with Gasteiger partial charge in [-0.05, 0) is 36.3 Å². The summed E-state index contributed by atoms with van der Waals surface area (Å²) in [6, 6.07) is 7.50. The van der Waals surface area contributed by atoms with Gasteiger partial charge in [0.15, 0.2) is 5.11 Å². The van der Waals surface area contributed by atoms with Gasteiger partial charge in [0.05, 0.1) is 6.21 Å². The van der Waals surface area contributed by atoms with Crippen molar-refractivity contribution in [2.75, 3.05) is 6.54 Å². The fourth-order valence-corrected chi connectivity index (χ4v) is 2.85. The topological polar surface area (TPSA) is 36.4 Å². The second kappa shape index (κ2) is 15.2. The molecule has 0 atom stereocenters. The molecule has 1 aromatic rings. The lowest BCUT2D eigenvalue weighted by Crippen LogP contribution is -2.32. The highest BCUT2D eigenvalue weighted by atomic mass is 35.5. The van der Waals surface area contributed by atoms with Crippen LogP contribution in [0.15, 0.2) is 29.4 Å². The van der Waals surface area contributed by atoms with Gasteiger partial charge in [0.2, 0.25) is 0 Å². The number of nitrogens with one attached hydrogen (secondary N) is 2.